The Hall–Kier alpha value is -1.43. The molecule has 0 saturated carbocycles. The molecule has 0 N–H and O–H groups in total. The van der Waals surface area contributed by atoms with Crippen LogP contribution < -0.4 is 0 Å². The summed E-state index contributed by atoms with van der Waals surface area (Å²) in [6.45, 7) is 0. The molecule has 0 saturated heterocycles. The maximum Gasteiger partial charge on any atom is 0.196 e. The van der Waals surface area contributed by atoms with E-state index in [9.17, 15) is 0 Å². The van der Waals surface area contributed by atoms with E-state index in [1.165, 1.54) is 6.20 Å². The number of nitrogens with zero attached hydrogens (tertiary/aromatic N) is 4. The molecule has 0 unspecified atom stereocenters. The summed E-state index contributed by atoms with van der Waals surface area (Å²) in [6, 6.07) is 3.26. The molecule has 0 aliphatic rings. The molecule has 0 amide bonds. The Morgan fingerprint density at radius 2 is 1.78 bits per heavy atom. The fraction of sp³-hybridized carbons (Fsp3) is 0. The number of aromatic nitrogens is 4. The van der Waals surface area contributed by atoms with Gasteiger partial charge >= 0.3 is 0 Å². The molecule has 90 valence electrons. The molecule has 5 nitrogen and oxygen atoms in total. The van der Waals surface area contributed by atoms with Crippen LogP contribution in [0.15, 0.2) is 22.7 Å². The number of furan rings is 1. The van der Waals surface area contributed by atoms with E-state index in [4.69, 9.17) is 39.2 Å². The molecule has 3 aromatic heterocycles. The van der Waals surface area contributed by atoms with Gasteiger partial charge < -0.3 is 4.42 Å². The third-order valence-electron chi connectivity index (χ3n) is 2.23. The van der Waals surface area contributed by atoms with Crippen molar-refractivity contribution in [2.24, 2.45) is 0 Å². The maximum atomic E-state index is 5.91. The second kappa shape index (κ2) is 4.35. The Morgan fingerprint density at radius 3 is 2.50 bits per heavy atom. The van der Waals surface area contributed by atoms with E-state index >= 15 is 0 Å². The molecule has 0 atom stereocenters. The van der Waals surface area contributed by atoms with Gasteiger partial charge in [0.1, 0.15) is 5.52 Å². The van der Waals surface area contributed by atoms with Gasteiger partial charge in [0.25, 0.3) is 0 Å². The fourth-order valence-electron chi connectivity index (χ4n) is 1.43. The third kappa shape index (κ3) is 1.90. The molecule has 0 aliphatic heterocycles. The Balaban J connectivity index is 2.25. The topological polar surface area (TPSA) is 64.7 Å². The van der Waals surface area contributed by atoms with Crippen molar-refractivity contribution in [2.75, 3.05) is 0 Å². The standard InChI is InChI=1S/C10H3Cl3N4O/c11-6-2-1-5(18-6)10-14-3-4-7(15-10)9(13)17-16-8(4)12/h1-3H. The second-order valence-corrected chi connectivity index (χ2v) is 4.43. The molecule has 3 aromatic rings. The van der Waals surface area contributed by atoms with Crippen LogP contribution in [0.3, 0.4) is 0 Å². The minimum Gasteiger partial charge on any atom is -0.441 e. The van der Waals surface area contributed by atoms with E-state index in [-0.39, 0.29) is 15.5 Å². The predicted molar refractivity (Wildman–Crippen MR) is 67.9 cm³/mol. The van der Waals surface area contributed by atoms with Crippen LogP contribution >= 0.6 is 34.8 Å². The third-order valence-corrected chi connectivity index (χ3v) is 2.96. The van der Waals surface area contributed by atoms with Crippen molar-refractivity contribution < 1.29 is 4.42 Å². The van der Waals surface area contributed by atoms with Crippen LogP contribution in [0.1, 0.15) is 0 Å². The van der Waals surface area contributed by atoms with Crippen molar-refractivity contribution >= 4 is 45.7 Å². The first kappa shape index (κ1) is 11.6. The minimum atomic E-state index is 0.149. The van der Waals surface area contributed by atoms with Crippen molar-refractivity contribution in [1.82, 2.24) is 20.2 Å². The van der Waals surface area contributed by atoms with Gasteiger partial charge in [-0.25, -0.2) is 9.97 Å². The number of hydrogen-bond acceptors (Lipinski definition) is 5. The summed E-state index contributed by atoms with van der Waals surface area (Å²) in [6.07, 6.45) is 1.51. The smallest absolute Gasteiger partial charge is 0.196 e. The molecule has 3 rings (SSSR count). The average Bonchev–Trinajstić information content (AvgIpc) is 2.80. The van der Waals surface area contributed by atoms with Crippen LogP contribution in [0.5, 0.6) is 0 Å². The van der Waals surface area contributed by atoms with E-state index in [1.54, 1.807) is 12.1 Å². The van der Waals surface area contributed by atoms with Gasteiger partial charge in [0.2, 0.25) is 0 Å². The molecule has 0 bridgehead atoms. The van der Waals surface area contributed by atoms with Gasteiger partial charge in [-0.3, -0.25) is 0 Å². The first-order valence-corrected chi connectivity index (χ1v) is 5.88. The lowest BCUT2D eigenvalue weighted by Crippen LogP contribution is -1.93. The summed E-state index contributed by atoms with van der Waals surface area (Å²) in [5, 5.41) is 8.48. The van der Waals surface area contributed by atoms with Gasteiger partial charge in [-0.1, -0.05) is 23.2 Å². The number of rotatable bonds is 1. The van der Waals surface area contributed by atoms with Crippen LogP contribution in [0.25, 0.3) is 22.5 Å². The van der Waals surface area contributed by atoms with Crippen molar-refractivity contribution in [2.45, 2.75) is 0 Å². The highest BCUT2D eigenvalue weighted by atomic mass is 35.5. The van der Waals surface area contributed by atoms with E-state index in [1.807, 2.05) is 0 Å². The van der Waals surface area contributed by atoms with Crippen LogP contribution in [0.4, 0.5) is 0 Å². The average molecular weight is 302 g/mol. The quantitative estimate of drug-likeness (QED) is 0.686. The molecular weight excluding hydrogens is 298 g/mol. The molecule has 0 radical (unpaired) electrons. The Kier molecular flexibility index (Phi) is 2.81. The zero-order valence-electron chi connectivity index (χ0n) is 8.56. The van der Waals surface area contributed by atoms with Crippen molar-refractivity contribution in [3.8, 4) is 11.6 Å². The SMILES string of the molecule is Clc1ccc(-c2ncc3c(Cl)nnc(Cl)c3n2)o1. The molecule has 0 aromatic carbocycles. The highest BCUT2D eigenvalue weighted by Crippen LogP contribution is 2.27. The van der Waals surface area contributed by atoms with Gasteiger partial charge in [-0.15, -0.1) is 10.2 Å². The number of fused-ring (bicyclic) bond motifs is 1. The Morgan fingerprint density at radius 1 is 1.00 bits per heavy atom. The van der Waals surface area contributed by atoms with Crippen LogP contribution in [-0.2, 0) is 0 Å². The van der Waals surface area contributed by atoms with E-state index in [0.717, 1.165) is 0 Å². The second-order valence-electron chi connectivity index (χ2n) is 3.34. The summed E-state index contributed by atoms with van der Waals surface area (Å²) < 4.78 is 5.22. The van der Waals surface area contributed by atoms with Gasteiger partial charge in [0.15, 0.2) is 27.1 Å². The van der Waals surface area contributed by atoms with Crippen molar-refractivity contribution in [1.29, 1.82) is 0 Å². The lowest BCUT2D eigenvalue weighted by Gasteiger charge is -2.01. The van der Waals surface area contributed by atoms with Gasteiger partial charge in [0.05, 0.1) is 5.39 Å². The molecule has 0 fully saturated rings. The fourth-order valence-corrected chi connectivity index (χ4v) is 1.94. The normalized spacial score (nSPS) is 11.1. The monoisotopic (exact) mass is 300 g/mol. The lowest BCUT2D eigenvalue weighted by atomic mass is 10.3. The summed E-state index contributed by atoms with van der Waals surface area (Å²) in [7, 11) is 0. The number of halogens is 3. The van der Waals surface area contributed by atoms with E-state index in [2.05, 4.69) is 20.2 Å². The molecule has 8 heteroatoms. The molecular formula is C10H3Cl3N4O. The summed E-state index contributed by atoms with van der Waals surface area (Å²) in [5.41, 5.74) is 0.411. The predicted octanol–water partition coefficient (Wildman–Crippen LogP) is 3.64. The van der Waals surface area contributed by atoms with Gasteiger partial charge in [-0.05, 0) is 23.7 Å². The largest absolute Gasteiger partial charge is 0.441 e. The zero-order valence-corrected chi connectivity index (χ0v) is 10.8. The highest BCUT2D eigenvalue weighted by molar-refractivity contribution is 6.37. The molecule has 18 heavy (non-hydrogen) atoms. The van der Waals surface area contributed by atoms with Gasteiger partial charge in [0, 0.05) is 6.20 Å². The first-order valence-electron chi connectivity index (χ1n) is 4.75. The summed E-state index contributed by atoms with van der Waals surface area (Å²) in [5.74, 6) is 0.784. The highest BCUT2D eigenvalue weighted by Gasteiger charge is 2.12. The molecule has 0 spiro atoms. The summed E-state index contributed by atoms with van der Waals surface area (Å²) in [4.78, 5) is 8.35. The van der Waals surface area contributed by atoms with Crippen molar-refractivity contribution in [3.05, 3.63) is 33.9 Å². The van der Waals surface area contributed by atoms with Gasteiger partial charge in [-0.2, -0.15) is 0 Å². The number of hydrogen-bond donors (Lipinski definition) is 0. The maximum absolute atomic E-state index is 5.91. The summed E-state index contributed by atoms with van der Waals surface area (Å²) >= 11 is 17.5. The Bertz CT molecular complexity index is 743. The van der Waals surface area contributed by atoms with Crippen LogP contribution in [0.2, 0.25) is 15.5 Å². The lowest BCUT2D eigenvalue weighted by molar-refractivity contribution is 0.579. The van der Waals surface area contributed by atoms with Crippen LogP contribution in [-0.4, -0.2) is 20.2 Å². The van der Waals surface area contributed by atoms with E-state index in [0.29, 0.717) is 22.5 Å². The zero-order chi connectivity index (χ0) is 12.7. The first-order chi connectivity index (χ1) is 8.65. The van der Waals surface area contributed by atoms with E-state index < -0.39 is 0 Å². The van der Waals surface area contributed by atoms with Crippen LogP contribution in [0, 0.1) is 0 Å². The Labute approximate surface area is 116 Å². The molecule has 3 heterocycles. The molecule has 0 aliphatic carbocycles. The van der Waals surface area contributed by atoms with Crippen molar-refractivity contribution in [3.63, 3.8) is 0 Å². The minimum absolute atomic E-state index is 0.149.